The van der Waals surface area contributed by atoms with E-state index in [2.05, 4.69) is 15.9 Å². The Bertz CT molecular complexity index is 808. The molecule has 1 saturated heterocycles. The van der Waals surface area contributed by atoms with Gasteiger partial charge in [-0.05, 0) is 91.9 Å². The fraction of sp³-hybridized carbons (Fsp3) is 0.435. The van der Waals surface area contributed by atoms with E-state index in [9.17, 15) is 4.79 Å². The Labute approximate surface area is 181 Å². The number of benzene rings is 2. The van der Waals surface area contributed by atoms with Crippen molar-refractivity contribution in [3.05, 3.63) is 53.0 Å². The highest BCUT2D eigenvalue weighted by molar-refractivity contribution is 9.10. The van der Waals surface area contributed by atoms with Crippen molar-refractivity contribution in [1.82, 2.24) is 4.90 Å². The molecule has 2 aromatic carbocycles. The summed E-state index contributed by atoms with van der Waals surface area (Å²) in [6, 6.07) is 15.4. The average Bonchev–Trinajstić information content (AvgIpc) is 2.68. The molecule has 1 aliphatic rings. The van der Waals surface area contributed by atoms with Crippen LogP contribution in [0.1, 0.15) is 33.6 Å². The van der Waals surface area contributed by atoms with E-state index in [0.717, 1.165) is 34.6 Å². The summed E-state index contributed by atoms with van der Waals surface area (Å²) in [6.45, 7) is 7.73. The molecular weight excluding hydrogens is 434 g/mol. The molecule has 1 amide bonds. The first-order valence-corrected chi connectivity index (χ1v) is 10.7. The van der Waals surface area contributed by atoms with E-state index >= 15 is 0 Å². The molecule has 0 spiro atoms. The Morgan fingerprint density at radius 3 is 2.28 bits per heavy atom. The Morgan fingerprint density at radius 1 is 1.03 bits per heavy atom. The second kappa shape index (κ2) is 9.53. The van der Waals surface area contributed by atoms with E-state index < -0.39 is 5.60 Å². The fourth-order valence-corrected chi connectivity index (χ4v) is 3.45. The maximum Gasteiger partial charge on any atom is 0.410 e. The van der Waals surface area contributed by atoms with Crippen molar-refractivity contribution in [2.24, 2.45) is 5.92 Å². The number of carbonyl (C=O) groups is 1. The highest BCUT2D eigenvalue weighted by atomic mass is 79.9. The molecule has 1 aliphatic heterocycles. The van der Waals surface area contributed by atoms with Gasteiger partial charge in [0.2, 0.25) is 0 Å². The summed E-state index contributed by atoms with van der Waals surface area (Å²) in [6.07, 6.45) is 1.61. The zero-order valence-electron chi connectivity index (χ0n) is 17.2. The fourth-order valence-electron chi connectivity index (χ4n) is 3.08. The molecule has 0 radical (unpaired) electrons. The van der Waals surface area contributed by atoms with Gasteiger partial charge in [-0.3, -0.25) is 0 Å². The van der Waals surface area contributed by atoms with Crippen molar-refractivity contribution < 1.29 is 19.0 Å². The largest absolute Gasteiger partial charge is 0.493 e. The van der Waals surface area contributed by atoms with Gasteiger partial charge in [-0.2, -0.15) is 0 Å². The molecular formula is C23H28BrNO4. The minimum absolute atomic E-state index is 0.225. The molecule has 156 valence electrons. The highest BCUT2D eigenvalue weighted by Crippen LogP contribution is 2.30. The zero-order chi connectivity index (χ0) is 20.9. The summed E-state index contributed by atoms with van der Waals surface area (Å²) in [4.78, 5) is 13.9. The number of piperidine rings is 1. The lowest BCUT2D eigenvalue weighted by atomic mass is 9.98. The molecule has 0 atom stereocenters. The summed E-state index contributed by atoms with van der Waals surface area (Å²) in [5, 5.41) is 0. The van der Waals surface area contributed by atoms with Crippen molar-refractivity contribution in [2.75, 3.05) is 19.7 Å². The standard InChI is InChI=1S/C23H28BrNO4/c1-23(2,3)29-22(26)25-14-12-17(13-15-25)16-27-18-8-10-19(11-9-18)28-21-7-5-4-6-20(21)24/h4-11,17H,12-16H2,1-3H3. The van der Waals surface area contributed by atoms with E-state index in [1.807, 2.05) is 69.3 Å². The van der Waals surface area contributed by atoms with Gasteiger partial charge in [0.15, 0.2) is 0 Å². The Hall–Kier alpha value is -2.21. The number of halogens is 1. The van der Waals surface area contributed by atoms with Crippen LogP contribution in [0, 0.1) is 5.92 Å². The summed E-state index contributed by atoms with van der Waals surface area (Å²) in [5.41, 5.74) is -0.455. The van der Waals surface area contributed by atoms with E-state index in [0.29, 0.717) is 25.6 Å². The van der Waals surface area contributed by atoms with Gasteiger partial charge in [-0.15, -0.1) is 0 Å². The number of hydrogen-bond donors (Lipinski definition) is 0. The highest BCUT2D eigenvalue weighted by Gasteiger charge is 2.27. The zero-order valence-corrected chi connectivity index (χ0v) is 18.8. The van der Waals surface area contributed by atoms with Crippen molar-refractivity contribution in [3.8, 4) is 17.2 Å². The van der Waals surface area contributed by atoms with Gasteiger partial charge >= 0.3 is 6.09 Å². The number of ether oxygens (including phenoxy) is 3. The van der Waals surface area contributed by atoms with Crippen molar-refractivity contribution in [1.29, 1.82) is 0 Å². The molecule has 0 unspecified atom stereocenters. The van der Waals surface area contributed by atoms with Crippen molar-refractivity contribution in [3.63, 3.8) is 0 Å². The predicted molar refractivity (Wildman–Crippen MR) is 117 cm³/mol. The van der Waals surface area contributed by atoms with Crippen LogP contribution in [-0.4, -0.2) is 36.3 Å². The van der Waals surface area contributed by atoms with E-state index in [4.69, 9.17) is 14.2 Å². The SMILES string of the molecule is CC(C)(C)OC(=O)N1CCC(COc2ccc(Oc3ccccc3Br)cc2)CC1. The first-order valence-electron chi connectivity index (χ1n) is 9.93. The summed E-state index contributed by atoms with van der Waals surface area (Å²) in [7, 11) is 0. The predicted octanol–water partition coefficient (Wildman–Crippen LogP) is 6.27. The van der Waals surface area contributed by atoms with Crippen molar-refractivity contribution >= 4 is 22.0 Å². The second-order valence-electron chi connectivity index (χ2n) is 8.23. The molecule has 1 heterocycles. The Morgan fingerprint density at radius 2 is 1.66 bits per heavy atom. The Balaban J connectivity index is 1.43. The van der Waals surface area contributed by atoms with Crippen LogP contribution in [0.25, 0.3) is 0 Å². The molecule has 1 fully saturated rings. The van der Waals surface area contributed by atoms with Gasteiger partial charge in [0.1, 0.15) is 22.8 Å². The first kappa shape index (κ1) is 21.5. The van der Waals surface area contributed by atoms with E-state index in [1.54, 1.807) is 4.90 Å². The lowest BCUT2D eigenvalue weighted by Gasteiger charge is -2.33. The molecule has 0 aromatic heterocycles. The monoisotopic (exact) mass is 461 g/mol. The third-order valence-electron chi connectivity index (χ3n) is 4.64. The van der Waals surface area contributed by atoms with Gasteiger partial charge in [-0.1, -0.05) is 12.1 Å². The smallest absolute Gasteiger partial charge is 0.410 e. The molecule has 3 rings (SSSR count). The number of carbonyl (C=O) groups excluding carboxylic acids is 1. The molecule has 0 aliphatic carbocycles. The molecule has 2 aromatic rings. The molecule has 0 N–H and O–H groups in total. The number of likely N-dealkylation sites (tertiary alicyclic amines) is 1. The van der Waals surface area contributed by atoms with Gasteiger partial charge < -0.3 is 19.1 Å². The van der Waals surface area contributed by atoms with Crippen molar-refractivity contribution in [2.45, 2.75) is 39.2 Å². The van der Waals surface area contributed by atoms with Gasteiger partial charge in [0.05, 0.1) is 11.1 Å². The first-order chi connectivity index (χ1) is 13.8. The quantitative estimate of drug-likeness (QED) is 0.526. The summed E-state index contributed by atoms with van der Waals surface area (Å²) >= 11 is 3.48. The van der Waals surface area contributed by atoms with Gasteiger partial charge in [0.25, 0.3) is 0 Å². The van der Waals surface area contributed by atoms with Gasteiger partial charge in [0, 0.05) is 13.1 Å². The molecule has 5 nitrogen and oxygen atoms in total. The summed E-state index contributed by atoms with van der Waals surface area (Å²) < 4.78 is 18.2. The minimum atomic E-state index is -0.455. The molecule has 29 heavy (non-hydrogen) atoms. The van der Waals surface area contributed by atoms with E-state index in [1.165, 1.54) is 0 Å². The number of para-hydroxylation sites is 1. The maximum atomic E-state index is 12.1. The Kier molecular flexibility index (Phi) is 7.06. The lowest BCUT2D eigenvalue weighted by molar-refractivity contribution is 0.0165. The van der Waals surface area contributed by atoms with Crippen LogP contribution in [-0.2, 0) is 4.74 Å². The molecule has 0 bridgehead atoms. The van der Waals surface area contributed by atoms with Crippen LogP contribution in [0.4, 0.5) is 4.79 Å². The average molecular weight is 462 g/mol. The summed E-state index contributed by atoms with van der Waals surface area (Å²) in [5.74, 6) is 2.79. The topological polar surface area (TPSA) is 48.0 Å². The van der Waals surface area contributed by atoms with Crippen LogP contribution in [0.15, 0.2) is 53.0 Å². The van der Waals surface area contributed by atoms with Crippen LogP contribution in [0.3, 0.4) is 0 Å². The van der Waals surface area contributed by atoms with Crippen LogP contribution >= 0.6 is 15.9 Å². The third-order valence-corrected chi connectivity index (χ3v) is 5.30. The second-order valence-corrected chi connectivity index (χ2v) is 9.08. The number of hydrogen-bond acceptors (Lipinski definition) is 4. The molecule has 6 heteroatoms. The van der Waals surface area contributed by atoms with Crippen LogP contribution in [0.2, 0.25) is 0 Å². The van der Waals surface area contributed by atoms with E-state index in [-0.39, 0.29) is 6.09 Å². The number of amides is 1. The lowest BCUT2D eigenvalue weighted by Crippen LogP contribution is -2.42. The number of rotatable bonds is 5. The third kappa shape index (κ3) is 6.67. The number of nitrogens with zero attached hydrogens (tertiary/aromatic N) is 1. The normalized spacial score (nSPS) is 15.1. The molecule has 0 saturated carbocycles. The van der Waals surface area contributed by atoms with Gasteiger partial charge in [-0.25, -0.2) is 4.79 Å². The minimum Gasteiger partial charge on any atom is -0.493 e. The van der Waals surface area contributed by atoms with Crippen LogP contribution in [0.5, 0.6) is 17.2 Å². The van der Waals surface area contributed by atoms with Crippen LogP contribution < -0.4 is 9.47 Å². The maximum absolute atomic E-state index is 12.1.